The smallest absolute Gasteiger partial charge is 0.303 e. The van der Waals surface area contributed by atoms with Crippen molar-refractivity contribution in [1.29, 1.82) is 0 Å². The summed E-state index contributed by atoms with van der Waals surface area (Å²) in [5.41, 5.74) is 0.976. The molecule has 0 spiro atoms. The molecule has 1 N–H and O–H groups in total. The molecule has 0 aliphatic heterocycles. The Labute approximate surface area is 92.5 Å². The maximum atomic E-state index is 10.3. The van der Waals surface area contributed by atoms with Crippen LogP contribution in [0.5, 0.6) is 0 Å². The number of aliphatic carboxylic acids is 1. The van der Waals surface area contributed by atoms with Crippen molar-refractivity contribution >= 4 is 29.2 Å². The molecule has 0 radical (unpaired) electrons. The van der Waals surface area contributed by atoms with Crippen LogP contribution in [-0.2, 0) is 11.2 Å². The molecule has 0 aliphatic rings. The Bertz CT molecular complexity index is 317. The summed E-state index contributed by atoms with van der Waals surface area (Å²) in [6.45, 7) is 0. The second kappa shape index (κ2) is 5.23. The molecule has 0 amide bonds. The van der Waals surface area contributed by atoms with Crippen LogP contribution in [-0.4, -0.2) is 11.1 Å². The predicted molar refractivity (Wildman–Crippen MR) is 57.0 cm³/mol. The van der Waals surface area contributed by atoms with E-state index in [0.29, 0.717) is 22.9 Å². The quantitative estimate of drug-likeness (QED) is 0.865. The lowest BCUT2D eigenvalue weighted by atomic mass is 10.1. The number of aryl methyl sites for hydroxylation is 1. The summed E-state index contributed by atoms with van der Waals surface area (Å²) in [4.78, 5) is 10.3. The normalized spacial score (nSPS) is 10.1. The van der Waals surface area contributed by atoms with Crippen LogP contribution >= 0.6 is 23.2 Å². The van der Waals surface area contributed by atoms with Crippen molar-refractivity contribution in [3.8, 4) is 0 Å². The topological polar surface area (TPSA) is 37.3 Å². The molecule has 1 aromatic carbocycles. The molecule has 1 rings (SSSR count). The molecule has 0 atom stereocenters. The van der Waals surface area contributed by atoms with E-state index in [1.165, 1.54) is 0 Å². The zero-order chi connectivity index (χ0) is 10.6. The highest BCUT2D eigenvalue weighted by atomic mass is 35.5. The highest BCUT2D eigenvalue weighted by molar-refractivity contribution is 6.34. The van der Waals surface area contributed by atoms with Gasteiger partial charge in [0.2, 0.25) is 0 Å². The lowest BCUT2D eigenvalue weighted by Crippen LogP contribution is -1.95. The van der Waals surface area contributed by atoms with Gasteiger partial charge in [0, 0.05) is 16.5 Å². The second-order valence-corrected chi connectivity index (χ2v) is 3.90. The van der Waals surface area contributed by atoms with Crippen LogP contribution in [0.2, 0.25) is 10.0 Å². The molecule has 0 saturated heterocycles. The van der Waals surface area contributed by atoms with Crippen LogP contribution in [0, 0.1) is 0 Å². The number of carboxylic acids is 1. The van der Waals surface area contributed by atoms with Crippen LogP contribution in [0.1, 0.15) is 18.4 Å². The second-order valence-electron chi connectivity index (χ2n) is 3.02. The first kappa shape index (κ1) is 11.3. The first-order valence-corrected chi connectivity index (χ1v) is 5.00. The van der Waals surface area contributed by atoms with E-state index in [1.807, 2.05) is 0 Å². The molecule has 0 saturated carbocycles. The number of halogens is 2. The summed E-state index contributed by atoms with van der Waals surface area (Å²) in [5, 5.41) is 9.62. The predicted octanol–water partition coefficient (Wildman–Crippen LogP) is 3.40. The van der Waals surface area contributed by atoms with Crippen LogP contribution in [0.4, 0.5) is 0 Å². The van der Waals surface area contributed by atoms with Gasteiger partial charge in [0.15, 0.2) is 0 Å². The Hall–Kier alpha value is -0.730. The number of carbonyl (C=O) groups is 1. The van der Waals surface area contributed by atoms with E-state index >= 15 is 0 Å². The third kappa shape index (κ3) is 3.99. The summed E-state index contributed by atoms with van der Waals surface area (Å²) in [5.74, 6) is -0.780. The number of benzene rings is 1. The highest BCUT2D eigenvalue weighted by Gasteiger charge is 2.00. The average molecular weight is 233 g/mol. The number of hydrogen-bond acceptors (Lipinski definition) is 1. The van der Waals surface area contributed by atoms with Gasteiger partial charge in [-0.1, -0.05) is 23.2 Å². The first-order chi connectivity index (χ1) is 6.58. The third-order valence-corrected chi connectivity index (χ3v) is 2.21. The number of rotatable bonds is 4. The van der Waals surface area contributed by atoms with Crippen molar-refractivity contribution in [1.82, 2.24) is 0 Å². The number of carboxylic acid groups (broad SMARTS) is 1. The zero-order valence-electron chi connectivity index (χ0n) is 7.46. The molecule has 0 aromatic heterocycles. The first-order valence-electron chi connectivity index (χ1n) is 4.24. The minimum Gasteiger partial charge on any atom is -0.481 e. The molecular formula is C10H10Cl2O2. The largest absolute Gasteiger partial charge is 0.481 e. The van der Waals surface area contributed by atoms with E-state index in [1.54, 1.807) is 18.2 Å². The molecular weight excluding hydrogens is 223 g/mol. The summed E-state index contributed by atoms with van der Waals surface area (Å²) >= 11 is 11.6. The fourth-order valence-electron chi connectivity index (χ4n) is 1.20. The van der Waals surface area contributed by atoms with Crippen molar-refractivity contribution in [3.63, 3.8) is 0 Å². The SMILES string of the molecule is O=C(O)CCCc1cc(Cl)cc(Cl)c1. The molecule has 4 heteroatoms. The molecule has 0 aliphatic carbocycles. The molecule has 0 heterocycles. The van der Waals surface area contributed by atoms with E-state index in [-0.39, 0.29) is 6.42 Å². The maximum absolute atomic E-state index is 10.3. The molecule has 2 nitrogen and oxygen atoms in total. The van der Waals surface area contributed by atoms with Crippen molar-refractivity contribution in [2.45, 2.75) is 19.3 Å². The average Bonchev–Trinajstić information content (AvgIpc) is 2.01. The molecule has 0 fully saturated rings. The number of hydrogen-bond donors (Lipinski definition) is 1. The van der Waals surface area contributed by atoms with Gasteiger partial charge >= 0.3 is 5.97 Å². The standard InChI is InChI=1S/C10H10Cl2O2/c11-8-4-7(5-9(12)6-8)2-1-3-10(13)14/h4-6H,1-3H2,(H,13,14). The summed E-state index contributed by atoms with van der Waals surface area (Å²) < 4.78 is 0. The van der Waals surface area contributed by atoms with E-state index in [4.69, 9.17) is 28.3 Å². The van der Waals surface area contributed by atoms with Crippen molar-refractivity contribution in [2.24, 2.45) is 0 Å². The summed E-state index contributed by atoms with van der Waals surface area (Å²) in [7, 11) is 0. The molecule has 0 bridgehead atoms. The fraction of sp³-hybridized carbons (Fsp3) is 0.300. The van der Waals surface area contributed by atoms with Crippen LogP contribution in [0.15, 0.2) is 18.2 Å². The van der Waals surface area contributed by atoms with Crippen LogP contribution < -0.4 is 0 Å². The minimum atomic E-state index is -0.780. The van der Waals surface area contributed by atoms with Crippen molar-refractivity contribution in [2.75, 3.05) is 0 Å². The maximum Gasteiger partial charge on any atom is 0.303 e. The Kier molecular flexibility index (Phi) is 4.23. The lowest BCUT2D eigenvalue weighted by Gasteiger charge is -2.01. The Morgan fingerprint density at radius 2 is 1.79 bits per heavy atom. The van der Waals surface area contributed by atoms with Crippen molar-refractivity contribution < 1.29 is 9.90 Å². The van der Waals surface area contributed by atoms with Crippen LogP contribution in [0.3, 0.4) is 0 Å². The molecule has 14 heavy (non-hydrogen) atoms. The molecule has 1 aromatic rings. The molecule has 76 valence electrons. The third-order valence-electron chi connectivity index (χ3n) is 1.78. The van der Waals surface area contributed by atoms with E-state index in [9.17, 15) is 4.79 Å². The van der Waals surface area contributed by atoms with Crippen LogP contribution in [0.25, 0.3) is 0 Å². The van der Waals surface area contributed by atoms with E-state index < -0.39 is 5.97 Å². The van der Waals surface area contributed by atoms with Gasteiger partial charge in [-0.25, -0.2) is 0 Å². The fourth-order valence-corrected chi connectivity index (χ4v) is 1.77. The van der Waals surface area contributed by atoms with Crippen molar-refractivity contribution in [3.05, 3.63) is 33.8 Å². The van der Waals surface area contributed by atoms with Gasteiger partial charge < -0.3 is 5.11 Å². The monoisotopic (exact) mass is 232 g/mol. The molecule has 0 unspecified atom stereocenters. The van der Waals surface area contributed by atoms with E-state index in [2.05, 4.69) is 0 Å². The zero-order valence-corrected chi connectivity index (χ0v) is 8.98. The van der Waals surface area contributed by atoms with Gasteiger partial charge in [-0.05, 0) is 36.6 Å². The van der Waals surface area contributed by atoms with Gasteiger partial charge in [-0.2, -0.15) is 0 Å². The summed E-state index contributed by atoms with van der Waals surface area (Å²) in [6.07, 6.45) is 1.46. The van der Waals surface area contributed by atoms with Gasteiger partial charge in [0.25, 0.3) is 0 Å². The van der Waals surface area contributed by atoms with Gasteiger partial charge in [-0.3, -0.25) is 4.79 Å². The summed E-state index contributed by atoms with van der Waals surface area (Å²) in [6, 6.07) is 5.26. The Balaban J connectivity index is 2.54. The minimum absolute atomic E-state index is 0.171. The van der Waals surface area contributed by atoms with Gasteiger partial charge in [0.05, 0.1) is 0 Å². The Morgan fingerprint density at radius 3 is 2.29 bits per heavy atom. The highest BCUT2D eigenvalue weighted by Crippen LogP contribution is 2.20. The van der Waals surface area contributed by atoms with Gasteiger partial charge in [0.1, 0.15) is 0 Å². The Morgan fingerprint density at radius 1 is 1.21 bits per heavy atom. The van der Waals surface area contributed by atoms with Gasteiger partial charge in [-0.15, -0.1) is 0 Å². The lowest BCUT2D eigenvalue weighted by molar-refractivity contribution is -0.137. The van der Waals surface area contributed by atoms with E-state index in [0.717, 1.165) is 5.56 Å².